The molecule has 5 nitrogen and oxygen atoms in total. The molecule has 1 aliphatic rings. The third-order valence-corrected chi connectivity index (χ3v) is 3.38. The van der Waals surface area contributed by atoms with Gasteiger partial charge in [-0.2, -0.15) is 8.78 Å². The zero-order valence-electron chi connectivity index (χ0n) is 11.2. The Hall–Kier alpha value is -1.05. The van der Waals surface area contributed by atoms with Crippen molar-refractivity contribution in [1.29, 1.82) is 0 Å². The molecular formula is C12H21F2N5. The summed E-state index contributed by atoms with van der Waals surface area (Å²) in [6, 6.07) is 0. The molecule has 1 aromatic heterocycles. The van der Waals surface area contributed by atoms with Crippen molar-refractivity contribution >= 4 is 0 Å². The van der Waals surface area contributed by atoms with E-state index in [1.165, 1.54) is 12.4 Å². The summed E-state index contributed by atoms with van der Waals surface area (Å²) in [4.78, 5) is 8.40. The predicted octanol–water partition coefficient (Wildman–Crippen LogP) is 0.615. The largest absolute Gasteiger partial charge is 0.319 e. The van der Waals surface area contributed by atoms with Crippen molar-refractivity contribution in [3.8, 4) is 0 Å². The number of aromatic nitrogens is 2. The molecule has 0 spiro atoms. The number of nitrogens with one attached hydrogen (secondary N) is 1. The zero-order chi connectivity index (χ0) is 13.7. The molecule has 1 N–H and O–H groups in total. The van der Waals surface area contributed by atoms with E-state index in [1.54, 1.807) is 0 Å². The fourth-order valence-electron chi connectivity index (χ4n) is 2.21. The second kappa shape index (κ2) is 6.93. The molecule has 0 aliphatic carbocycles. The Morgan fingerprint density at radius 1 is 1.42 bits per heavy atom. The Balaban J connectivity index is 1.77. The molecule has 1 aromatic rings. The van der Waals surface area contributed by atoms with Crippen LogP contribution in [-0.4, -0.2) is 65.7 Å². The standard InChI is InChI=1S/C12H21F2N5/c1-17(8-9-18-5-2-15-3-6-18)10-11-16-4-7-19(11)12(13)14/h4,7,12,15H,2-3,5-6,8-10H2,1H3. The first kappa shape index (κ1) is 14.4. The van der Waals surface area contributed by atoms with Gasteiger partial charge in [0.1, 0.15) is 5.82 Å². The van der Waals surface area contributed by atoms with E-state index >= 15 is 0 Å². The minimum atomic E-state index is -2.51. The number of likely N-dealkylation sites (N-methyl/N-ethyl adjacent to an activating group) is 1. The molecule has 0 bridgehead atoms. The van der Waals surface area contributed by atoms with Crippen molar-refractivity contribution in [2.75, 3.05) is 46.3 Å². The van der Waals surface area contributed by atoms with Crippen LogP contribution in [0.4, 0.5) is 8.78 Å². The summed E-state index contributed by atoms with van der Waals surface area (Å²) in [5.41, 5.74) is 0. The van der Waals surface area contributed by atoms with Gasteiger partial charge in [0.05, 0.1) is 6.54 Å². The maximum Gasteiger partial charge on any atom is 0.319 e. The molecule has 2 rings (SSSR count). The SMILES string of the molecule is CN(CCN1CCNCC1)Cc1nccn1C(F)F. The maximum absolute atomic E-state index is 12.7. The van der Waals surface area contributed by atoms with E-state index in [1.807, 2.05) is 11.9 Å². The zero-order valence-corrected chi connectivity index (χ0v) is 11.2. The molecule has 0 unspecified atom stereocenters. The molecule has 0 aromatic carbocycles. The summed E-state index contributed by atoms with van der Waals surface area (Å²) in [5, 5.41) is 3.31. The van der Waals surface area contributed by atoms with E-state index in [-0.39, 0.29) is 0 Å². The Morgan fingerprint density at radius 2 is 2.16 bits per heavy atom. The highest BCUT2D eigenvalue weighted by molar-refractivity contribution is 4.92. The van der Waals surface area contributed by atoms with Crippen LogP contribution >= 0.6 is 0 Å². The van der Waals surface area contributed by atoms with Crippen LogP contribution in [0.2, 0.25) is 0 Å². The predicted molar refractivity (Wildman–Crippen MR) is 69.1 cm³/mol. The van der Waals surface area contributed by atoms with Gasteiger partial charge in [-0.05, 0) is 7.05 Å². The van der Waals surface area contributed by atoms with Gasteiger partial charge in [0.2, 0.25) is 0 Å². The fraction of sp³-hybridized carbons (Fsp3) is 0.750. The molecule has 0 radical (unpaired) electrons. The molecule has 2 heterocycles. The molecule has 1 fully saturated rings. The molecule has 1 saturated heterocycles. The van der Waals surface area contributed by atoms with Gasteiger partial charge in [0.15, 0.2) is 0 Å². The van der Waals surface area contributed by atoms with Gasteiger partial charge in [-0.25, -0.2) is 4.98 Å². The monoisotopic (exact) mass is 273 g/mol. The lowest BCUT2D eigenvalue weighted by molar-refractivity contribution is 0.0643. The van der Waals surface area contributed by atoms with E-state index in [4.69, 9.17) is 0 Å². The van der Waals surface area contributed by atoms with Crippen LogP contribution < -0.4 is 5.32 Å². The van der Waals surface area contributed by atoms with Crippen LogP contribution in [0.3, 0.4) is 0 Å². The fourth-order valence-corrected chi connectivity index (χ4v) is 2.21. The summed E-state index contributed by atoms with van der Waals surface area (Å²) >= 11 is 0. The molecule has 19 heavy (non-hydrogen) atoms. The molecular weight excluding hydrogens is 252 g/mol. The van der Waals surface area contributed by atoms with Crippen molar-refractivity contribution in [2.45, 2.75) is 13.1 Å². The lowest BCUT2D eigenvalue weighted by atomic mass is 10.3. The molecule has 1 aliphatic heterocycles. The minimum absolute atomic E-state index is 0.415. The lowest BCUT2D eigenvalue weighted by Gasteiger charge is -2.29. The van der Waals surface area contributed by atoms with E-state index < -0.39 is 6.55 Å². The van der Waals surface area contributed by atoms with Crippen molar-refractivity contribution in [2.24, 2.45) is 0 Å². The molecule has 0 amide bonds. The van der Waals surface area contributed by atoms with Gasteiger partial charge < -0.3 is 5.32 Å². The van der Waals surface area contributed by atoms with Crippen LogP contribution in [0.25, 0.3) is 0 Å². The number of rotatable bonds is 6. The average molecular weight is 273 g/mol. The van der Waals surface area contributed by atoms with E-state index in [0.717, 1.165) is 43.8 Å². The lowest BCUT2D eigenvalue weighted by Crippen LogP contribution is -2.45. The summed E-state index contributed by atoms with van der Waals surface area (Å²) in [6.07, 6.45) is 2.75. The smallest absolute Gasteiger partial charge is 0.314 e. The van der Waals surface area contributed by atoms with Gasteiger partial charge in [0, 0.05) is 51.7 Å². The number of hydrogen-bond donors (Lipinski definition) is 1. The Kier molecular flexibility index (Phi) is 5.24. The molecule has 7 heteroatoms. The van der Waals surface area contributed by atoms with E-state index in [0.29, 0.717) is 12.4 Å². The summed E-state index contributed by atoms with van der Waals surface area (Å²) in [7, 11) is 1.94. The molecule has 0 atom stereocenters. The number of nitrogens with zero attached hydrogens (tertiary/aromatic N) is 4. The number of hydrogen-bond acceptors (Lipinski definition) is 4. The van der Waals surface area contributed by atoms with Gasteiger partial charge in [-0.3, -0.25) is 14.4 Å². The third kappa shape index (κ3) is 4.22. The van der Waals surface area contributed by atoms with Gasteiger partial charge >= 0.3 is 6.55 Å². The van der Waals surface area contributed by atoms with E-state index in [9.17, 15) is 8.78 Å². The summed E-state index contributed by atoms with van der Waals surface area (Å²) in [5.74, 6) is 0.415. The number of alkyl halides is 2. The first-order chi connectivity index (χ1) is 9.16. The average Bonchev–Trinajstić information content (AvgIpc) is 2.86. The number of piperazine rings is 1. The Labute approximate surface area is 112 Å². The van der Waals surface area contributed by atoms with Crippen molar-refractivity contribution in [3.05, 3.63) is 18.2 Å². The quantitative estimate of drug-likeness (QED) is 0.824. The summed E-state index contributed by atoms with van der Waals surface area (Å²) < 4.78 is 26.3. The van der Waals surface area contributed by atoms with Crippen molar-refractivity contribution < 1.29 is 8.78 Å². The Bertz CT molecular complexity index is 376. The molecule has 108 valence electrons. The summed E-state index contributed by atoms with van der Waals surface area (Å²) in [6.45, 7) is 3.92. The number of halogens is 2. The van der Waals surface area contributed by atoms with E-state index in [2.05, 4.69) is 15.2 Å². The number of imidazole rings is 1. The van der Waals surface area contributed by atoms with Gasteiger partial charge in [0.25, 0.3) is 0 Å². The van der Waals surface area contributed by atoms with Crippen LogP contribution in [-0.2, 0) is 6.54 Å². The third-order valence-electron chi connectivity index (χ3n) is 3.38. The Morgan fingerprint density at radius 3 is 2.84 bits per heavy atom. The highest BCUT2D eigenvalue weighted by atomic mass is 19.3. The van der Waals surface area contributed by atoms with Crippen molar-refractivity contribution in [3.63, 3.8) is 0 Å². The van der Waals surface area contributed by atoms with Gasteiger partial charge in [-0.1, -0.05) is 0 Å². The first-order valence-electron chi connectivity index (χ1n) is 6.58. The highest BCUT2D eigenvalue weighted by Gasteiger charge is 2.14. The van der Waals surface area contributed by atoms with Crippen LogP contribution in [0.1, 0.15) is 12.4 Å². The first-order valence-corrected chi connectivity index (χ1v) is 6.58. The topological polar surface area (TPSA) is 36.3 Å². The second-order valence-electron chi connectivity index (χ2n) is 4.86. The molecule has 0 saturated carbocycles. The van der Waals surface area contributed by atoms with Crippen LogP contribution in [0, 0.1) is 0 Å². The van der Waals surface area contributed by atoms with Crippen molar-refractivity contribution in [1.82, 2.24) is 24.7 Å². The van der Waals surface area contributed by atoms with Gasteiger partial charge in [-0.15, -0.1) is 0 Å². The highest BCUT2D eigenvalue weighted by Crippen LogP contribution is 2.13. The maximum atomic E-state index is 12.7. The minimum Gasteiger partial charge on any atom is -0.314 e. The second-order valence-corrected chi connectivity index (χ2v) is 4.86. The van der Waals surface area contributed by atoms with Crippen LogP contribution in [0.5, 0.6) is 0 Å². The normalized spacial score (nSPS) is 17.5. The van der Waals surface area contributed by atoms with Crippen LogP contribution in [0.15, 0.2) is 12.4 Å².